The maximum Gasteiger partial charge on any atom is 0.230 e. The molecule has 4 aromatic rings. The lowest BCUT2D eigenvalue weighted by Crippen LogP contribution is -2.15. The molecule has 2 aromatic carbocycles. The van der Waals surface area contributed by atoms with Crippen LogP contribution in [0, 0.1) is 0 Å². The van der Waals surface area contributed by atoms with E-state index in [0.717, 1.165) is 21.9 Å². The lowest BCUT2D eigenvalue weighted by molar-refractivity contribution is -0.115. The second-order valence-electron chi connectivity index (χ2n) is 6.53. The first-order chi connectivity index (χ1) is 14.6. The highest BCUT2D eigenvalue weighted by molar-refractivity contribution is 7.15. The van der Waals surface area contributed by atoms with Gasteiger partial charge in [-0.15, -0.1) is 23.7 Å². The first-order valence-corrected chi connectivity index (χ1v) is 10.1. The molecule has 0 bridgehead atoms. The Hall–Kier alpha value is -3.23. The summed E-state index contributed by atoms with van der Waals surface area (Å²) in [5, 5.41) is 4.86. The molecular formula is C22H22ClN3O4S. The van der Waals surface area contributed by atoms with Crippen LogP contribution in [0.2, 0.25) is 0 Å². The van der Waals surface area contributed by atoms with E-state index in [1.54, 1.807) is 27.4 Å². The van der Waals surface area contributed by atoms with Gasteiger partial charge in [-0.1, -0.05) is 6.07 Å². The number of thiazole rings is 1. The number of nitrogens with zero attached hydrogens (tertiary/aromatic N) is 2. The molecule has 0 fully saturated rings. The molecule has 0 aliphatic carbocycles. The fraction of sp³-hybridized carbons (Fsp3) is 0.182. The van der Waals surface area contributed by atoms with E-state index in [0.29, 0.717) is 22.9 Å². The fourth-order valence-electron chi connectivity index (χ4n) is 3.16. The number of hydrogen-bond acceptors (Lipinski definition) is 6. The maximum atomic E-state index is 12.5. The Bertz CT molecular complexity index is 1200. The van der Waals surface area contributed by atoms with Gasteiger partial charge in [0.05, 0.1) is 33.4 Å². The largest absolute Gasteiger partial charge is 0.497 e. The summed E-state index contributed by atoms with van der Waals surface area (Å²) in [5.41, 5.74) is 3.28. The summed E-state index contributed by atoms with van der Waals surface area (Å²) < 4.78 is 17.8. The number of fused-ring (bicyclic) bond motifs is 1. The average molecular weight is 460 g/mol. The van der Waals surface area contributed by atoms with E-state index in [9.17, 15) is 4.79 Å². The zero-order valence-electron chi connectivity index (χ0n) is 17.2. The Balaban J connectivity index is 0.00000272. The summed E-state index contributed by atoms with van der Waals surface area (Å²) in [6, 6.07) is 13.0. The number of amides is 1. The van der Waals surface area contributed by atoms with Gasteiger partial charge in [-0.05, 0) is 30.3 Å². The highest BCUT2D eigenvalue weighted by Gasteiger charge is 2.14. The SMILES string of the molecule is COc1cccc(NC(=O)Cc2csc3nc(-c4ccc(OC)c(OC)c4)cn23)c1.Cl. The zero-order valence-corrected chi connectivity index (χ0v) is 18.9. The summed E-state index contributed by atoms with van der Waals surface area (Å²) in [5.74, 6) is 1.89. The Kier molecular flexibility index (Phi) is 7.04. The first-order valence-electron chi connectivity index (χ1n) is 9.23. The molecule has 0 radical (unpaired) electrons. The number of anilines is 1. The Morgan fingerprint density at radius 3 is 2.61 bits per heavy atom. The monoisotopic (exact) mass is 459 g/mol. The Labute approximate surface area is 190 Å². The molecule has 0 saturated heterocycles. The molecule has 2 aromatic heterocycles. The van der Waals surface area contributed by atoms with E-state index in [2.05, 4.69) is 10.3 Å². The van der Waals surface area contributed by atoms with Crippen LogP contribution in [0.4, 0.5) is 5.69 Å². The number of hydrogen-bond donors (Lipinski definition) is 1. The van der Waals surface area contributed by atoms with E-state index in [-0.39, 0.29) is 24.7 Å². The number of imidazole rings is 1. The summed E-state index contributed by atoms with van der Waals surface area (Å²) in [6.07, 6.45) is 2.17. The Morgan fingerprint density at radius 1 is 1.06 bits per heavy atom. The van der Waals surface area contributed by atoms with Crippen LogP contribution >= 0.6 is 23.7 Å². The smallest absolute Gasteiger partial charge is 0.230 e. The van der Waals surface area contributed by atoms with Crippen molar-refractivity contribution >= 4 is 40.3 Å². The minimum Gasteiger partial charge on any atom is -0.497 e. The third-order valence-electron chi connectivity index (χ3n) is 4.66. The zero-order chi connectivity index (χ0) is 21.1. The predicted molar refractivity (Wildman–Crippen MR) is 124 cm³/mol. The molecule has 162 valence electrons. The first kappa shape index (κ1) is 22.5. The molecule has 4 rings (SSSR count). The van der Waals surface area contributed by atoms with E-state index < -0.39 is 0 Å². The molecule has 7 nitrogen and oxygen atoms in total. The number of halogens is 1. The minimum atomic E-state index is -0.107. The van der Waals surface area contributed by atoms with Gasteiger partial charge in [0, 0.05) is 34.6 Å². The van der Waals surface area contributed by atoms with Gasteiger partial charge >= 0.3 is 0 Å². The number of carbonyl (C=O) groups excluding carboxylic acids is 1. The minimum absolute atomic E-state index is 0. The van der Waals surface area contributed by atoms with Crippen molar-refractivity contribution in [3.05, 3.63) is 59.7 Å². The molecule has 0 spiro atoms. The quantitative estimate of drug-likeness (QED) is 0.434. The third kappa shape index (κ3) is 4.76. The number of ether oxygens (including phenoxy) is 3. The molecule has 0 unspecified atom stereocenters. The summed E-state index contributed by atoms with van der Waals surface area (Å²) >= 11 is 1.50. The topological polar surface area (TPSA) is 74.1 Å². The normalized spacial score (nSPS) is 10.4. The second-order valence-corrected chi connectivity index (χ2v) is 7.37. The average Bonchev–Trinajstić information content (AvgIpc) is 3.35. The molecule has 0 aliphatic rings. The van der Waals surface area contributed by atoms with Gasteiger partial charge in [0.15, 0.2) is 16.5 Å². The molecule has 9 heteroatoms. The molecular weight excluding hydrogens is 438 g/mol. The van der Waals surface area contributed by atoms with Gasteiger partial charge in [0.1, 0.15) is 5.75 Å². The van der Waals surface area contributed by atoms with Crippen molar-refractivity contribution in [3.8, 4) is 28.5 Å². The number of rotatable bonds is 7. The van der Waals surface area contributed by atoms with Gasteiger partial charge in [0.2, 0.25) is 5.91 Å². The number of benzene rings is 2. The third-order valence-corrected chi connectivity index (χ3v) is 5.55. The molecule has 0 atom stereocenters. The van der Waals surface area contributed by atoms with E-state index in [4.69, 9.17) is 14.2 Å². The van der Waals surface area contributed by atoms with Crippen LogP contribution in [-0.2, 0) is 11.2 Å². The van der Waals surface area contributed by atoms with Crippen molar-refractivity contribution in [2.75, 3.05) is 26.6 Å². The Morgan fingerprint density at radius 2 is 1.87 bits per heavy atom. The van der Waals surface area contributed by atoms with Crippen LogP contribution in [0.1, 0.15) is 5.69 Å². The van der Waals surface area contributed by atoms with E-state index >= 15 is 0 Å². The van der Waals surface area contributed by atoms with Crippen LogP contribution in [0.25, 0.3) is 16.2 Å². The molecule has 2 heterocycles. The molecule has 1 N–H and O–H groups in total. The van der Waals surface area contributed by atoms with Gasteiger partial charge in [-0.3, -0.25) is 9.20 Å². The molecule has 31 heavy (non-hydrogen) atoms. The van der Waals surface area contributed by atoms with Crippen LogP contribution in [0.15, 0.2) is 54.0 Å². The molecule has 0 aliphatic heterocycles. The van der Waals surface area contributed by atoms with Crippen LogP contribution < -0.4 is 19.5 Å². The lowest BCUT2D eigenvalue weighted by Gasteiger charge is -2.08. The van der Waals surface area contributed by atoms with Crippen molar-refractivity contribution in [2.24, 2.45) is 0 Å². The van der Waals surface area contributed by atoms with E-state index in [1.807, 2.05) is 52.4 Å². The van der Waals surface area contributed by atoms with Crippen LogP contribution in [0.5, 0.6) is 17.2 Å². The van der Waals surface area contributed by atoms with Crippen molar-refractivity contribution in [1.82, 2.24) is 9.38 Å². The van der Waals surface area contributed by atoms with Crippen molar-refractivity contribution in [3.63, 3.8) is 0 Å². The number of methoxy groups -OCH3 is 3. The fourth-order valence-corrected chi connectivity index (χ4v) is 4.03. The maximum absolute atomic E-state index is 12.5. The summed E-state index contributed by atoms with van der Waals surface area (Å²) in [7, 11) is 4.80. The highest BCUT2D eigenvalue weighted by Crippen LogP contribution is 2.32. The van der Waals surface area contributed by atoms with Crippen molar-refractivity contribution in [1.29, 1.82) is 0 Å². The van der Waals surface area contributed by atoms with Crippen molar-refractivity contribution in [2.45, 2.75) is 6.42 Å². The van der Waals surface area contributed by atoms with Crippen LogP contribution in [0.3, 0.4) is 0 Å². The van der Waals surface area contributed by atoms with Crippen molar-refractivity contribution < 1.29 is 19.0 Å². The second kappa shape index (κ2) is 9.72. The molecule has 1 amide bonds. The van der Waals surface area contributed by atoms with Gasteiger partial charge in [-0.25, -0.2) is 4.98 Å². The highest BCUT2D eigenvalue weighted by atomic mass is 35.5. The number of aromatic nitrogens is 2. The summed E-state index contributed by atoms with van der Waals surface area (Å²) in [6.45, 7) is 0. The van der Waals surface area contributed by atoms with Crippen LogP contribution in [-0.4, -0.2) is 36.6 Å². The van der Waals surface area contributed by atoms with Gasteiger partial charge < -0.3 is 19.5 Å². The lowest BCUT2D eigenvalue weighted by atomic mass is 10.1. The number of nitrogens with one attached hydrogen (secondary N) is 1. The standard InChI is InChI=1S/C22H21N3O4S.ClH/c1-27-17-6-4-5-15(10-17)23-21(26)11-16-13-30-22-24-18(12-25(16)22)14-7-8-19(28-2)20(9-14)29-3;/h4-10,12-13H,11H2,1-3H3,(H,23,26);1H. The van der Waals surface area contributed by atoms with Gasteiger partial charge in [0.25, 0.3) is 0 Å². The van der Waals surface area contributed by atoms with E-state index in [1.165, 1.54) is 11.3 Å². The van der Waals surface area contributed by atoms with Gasteiger partial charge in [-0.2, -0.15) is 0 Å². The predicted octanol–water partition coefficient (Wildman–Crippen LogP) is 4.69. The molecule has 0 saturated carbocycles. The number of carbonyl (C=O) groups is 1. The summed E-state index contributed by atoms with van der Waals surface area (Å²) in [4.78, 5) is 18.1.